The number of carbonyl (C=O) groups excluding carboxylic acids is 2. The Morgan fingerprint density at radius 1 is 0.912 bits per heavy atom. The second kappa shape index (κ2) is 8.44. The van der Waals surface area contributed by atoms with Gasteiger partial charge in [-0.15, -0.1) is 0 Å². The lowest BCUT2D eigenvalue weighted by Crippen LogP contribution is -2.51. The number of nitrogens with one attached hydrogen (secondary N) is 1. The first-order valence-electron chi connectivity index (χ1n) is 12.7. The molecule has 1 N–H and O–H groups in total. The van der Waals surface area contributed by atoms with Crippen LogP contribution in [0.3, 0.4) is 0 Å². The van der Waals surface area contributed by atoms with Gasteiger partial charge in [-0.05, 0) is 90.4 Å². The summed E-state index contributed by atoms with van der Waals surface area (Å²) < 4.78 is 10.8. The standard InChI is InChI=1S/C29H33NO4/c1-33-27(31)26(16-29-13-18-10-19(14-29)12-20(11-18)15-29)30-28(32)34-17-25-23-8-4-2-6-21(23)22-7-3-5-9-24(22)25/h2-9,18-20,25-26H,10-17H2,1H3,(H,30,32). The number of benzene rings is 2. The molecule has 34 heavy (non-hydrogen) atoms. The molecular weight excluding hydrogens is 426 g/mol. The first-order valence-corrected chi connectivity index (χ1v) is 12.7. The maximum Gasteiger partial charge on any atom is 0.407 e. The van der Waals surface area contributed by atoms with Gasteiger partial charge in [0.2, 0.25) is 0 Å². The summed E-state index contributed by atoms with van der Waals surface area (Å²) in [5.41, 5.74) is 4.90. The Bertz CT molecular complexity index is 1030. The molecule has 0 spiro atoms. The molecule has 2 aromatic rings. The fourth-order valence-electron chi connectivity index (χ4n) is 8.09. The number of carbonyl (C=O) groups is 2. The zero-order valence-corrected chi connectivity index (χ0v) is 19.8. The van der Waals surface area contributed by atoms with Crippen LogP contribution in [0.25, 0.3) is 11.1 Å². The third kappa shape index (κ3) is 3.79. The normalized spacial score (nSPS) is 29.3. The molecule has 1 amide bonds. The van der Waals surface area contributed by atoms with Crippen LogP contribution < -0.4 is 5.32 Å². The maximum absolute atomic E-state index is 12.9. The van der Waals surface area contributed by atoms with Crippen LogP contribution in [0.2, 0.25) is 0 Å². The van der Waals surface area contributed by atoms with E-state index in [1.807, 2.05) is 24.3 Å². The highest BCUT2D eigenvalue weighted by Gasteiger charge is 2.52. The van der Waals surface area contributed by atoms with Crippen LogP contribution in [0.5, 0.6) is 0 Å². The van der Waals surface area contributed by atoms with Crippen molar-refractivity contribution in [2.75, 3.05) is 13.7 Å². The van der Waals surface area contributed by atoms with Gasteiger partial charge in [-0.3, -0.25) is 0 Å². The van der Waals surface area contributed by atoms with Gasteiger partial charge in [0.15, 0.2) is 0 Å². The zero-order valence-electron chi connectivity index (χ0n) is 19.8. The molecule has 1 atom stereocenters. The van der Waals surface area contributed by atoms with E-state index >= 15 is 0 Å². The number of rotatable bonds is 6. The smallest absolute Gasteiger partial charge is 0.407 e. The third-order valence-corrected chi connectivity index (χ3v) is 8.92. The predicted octanol–water partition coefficient (Wildman–Crippen LogP) is 5.67. The van der Waals surface area contributed by atoms with E-state index < -0.39 is 12.1 Å². The monoisotopic (exact) mass is 459 g/mol. The van der Waals surface area contributed by atoms with E-state index in [4.69, 9.17) is 9.47 Å². The second-order valence-corrected chi connectivity index (χ2v) is 11.2. The molecule has 178 valence electrons. The van der Waals surface area contributed by atoms with Crippen LogP contribution in [0.1, 0.15) is 62.0 Å². The molecule has 5 heteroatoms. The summed E-state index contributed by atoms with van der Waals surface area (Å²) in [6, 6.07) is 15.9. The van der Waals surface area contributed by atoms with Crippen LogP contribution >= 0.6 is 0 Å². The maximum atomic E-state index is 12.9. The van der Waals surface area contributed by atoms with E-state index in [0.717, 1.165) is 17.8 Å². The summed E-state index contributed by atoms with van der Waals surface area (Å²) in [5.74, 6) is 2.00. The number of methoxy groups -OCH3 is 1. The van der Waals surface area contributed by atoms with E-state index in [1.54, 1.807) is 0 Å². The van der Waals surface area contributed by atoms with Gasteiger partial charge in [0.05, 0.1) is 7.11 Å². The van der Waals surface area contributed by atoms with Crippen molar-refractivity contribution in [3.8, 4) is 11.1 Å². The molecular formula is C29H33NO4. The molecule has 0 aliphatic heterocycles. The van der Waals surface area contributed by atoms with Crippen molar-refractivity contribution < 1.29 is 19.1 Å². The summed E-state index contributed by atoms with van der Waals surface area (Å²) in [7, 11) is 1.40. The van der Waals surface area contributed by atoms with E-state index in [9.17, 15) is 9.59 Å². The highest BCUT2D eigenvalue weighted by atomic mass is 16.6. The highest BCUT2D eigenvalue weighted by molar-refractivity contribution is 5.82. The summed E-state index contributed by atoms with van der Waals surface area (Å²) in [6.07, 6.45) is 7.71. The fourth-order valence-corrected chi connectivity index (χ4v) is 8.09. The van der Waals surface area contributed by atoms with Gasteiger partial charge in [-0.1, -0.05) is 48.5 Å². The van der Waals surface area contributed by atoms with Crippen molar-refractivity contribution in [2.45, 2.75) is 56.9 Å². The molecule has 0 radical (unpaired) electrons. The topological polar surface area (TPSA) is 64.6 Å². The number of hydrogen-bond donors (Lipinski definition) is 1. The average Bonchev–Trinajstić information content (AvgIpc) is 3.14. The summed E-state index contributed by atoms with van der Waals surface area (Å²) in [4.78, 5) is 25.6. The number of ether oxygens (including phenoxy) is 2. The Balaban J connectivity index is 1.14. The molecule has 4 fully saturated rings. The van der Waals surface area contributed by atoms with E-state index in [2.05, 4.69) is 29.6 Å². The van der Waals surface area contributed by atoms with Gasteiger partial charge < -0.3 is 14.8 Å². The number of esters is 1. The minimum absolute atomic E-state index is 0.00196. The van der Waals surface area contributed by atoms with Crippen molar-refractivity contribution in [3.05, 3.63) is 59.7 Å². The van der Waals surface area contributed by atoms with Crippen molar-refractivity contribution in [1.82, 2.24) is 5.32 Å². The summed E-state index contributed by atoms with van der Waals surface area (Å²) in [5, 5.41) is 2.88. The number of fused-ring (bicyclic) bond motifs is 3. The molecule has 0 aromatic heterocycles. The highest BCUT2D eigenvalue weighted by Crippen LogP contribution is 2.61. The number of hydrogen-bond acceptors (Lipinski definition) is 4. The van der Waals surface area contributed by atoms with Crippen LogP contribution in [0.15, 0.2) is 48.5 Å². The molecule has 0 heterocycles. The molecule has 2 aromatic carbocycles. The van der Waals surface area contributed by atoms with Crippen molar-refractivity contribution in [3.63, 3.8) is 0 Å². The Morgan fingerprint density at radius 3 is 1.97 bits per heavy atom. The minimum Gasteiger partial charge on any atom is -0.467 e. The molecule has 5 aliphatic rings. The SMILES string of the molecule is COC(=O)C(CC12CC3CC(CC(C3)C1)C2)NC(=O)OCC1c2ccccc2-c2ccccc21. The quantitative estimate of drug-likeness (QED) is 0.565. The Kier molecular flexibility index (Phi) is 5.39. The Morgan fingerprint density at radius 2 is 1.44 bits per heavy atom. The van der Waals surface area contributed by atoms with Crippen LogP contribution in [-0.4, -0.2) is 31.8 Å². The first kappa shape index (κ1) is 21.7. The lowest BCUT2D eigenvalue weighted by molar-refractivity contribution is -0.146. The van der Waals surface area contributed by atoms with Gasteiger partial charge in [0.25, 0.3) is 0 Å². The minimum atomic E-state index is -0.656. The van der Waals surface area contributed by atoms with Gasteiger partial charge in [0.1, 0.15) is 12.6 Å². The second-order valence-electron chi connectivity index (χ2n) is 11.2. The molecule has 5 aliphatic carbocycles. The number of alkyl carbamates (subject to hydrolysis) is 1. The van der Waals surface area contributed by atoms with Crippen molar-refractivity contribution >= 4 is 12.1 Å². The molecule has 5 nitrogen and oxygen atoms in total. The molecule has 0 saturated heterocycles. The average molecular weight is 460 g/mol. The largest absolute Gasteiger partial charge is 0.467 e. The zero-order chi connectivity index (χ0) is 23.3. The van der Waals surface area contributed by atoms with Gasteiger partial charge in [0, 0.05) is 5.92 Å². The fraction of sp³-hybridized carbons (Fsp3) is 0.517. The number of amides is 1. The van der Waals surface area contributed by atoms with Crippen LogP contribution in [0, 0.1) is 23.2 Å². The summed E-state index contributed by atoms with van der Waals surface area (Å²) >= 11 is 0. The van der Waals surface area contributed by atoms with E-state index in [1.165, 1.54) is 67.9 Å². The van der Waals surface area contributed by atoms with Gasteiger partial charge >= 0.3 is 12.1 Å². The van der Waals surface area contributed by atoms with Crippen LogP contribution in [0.4, 0.5) is 4.79 Å². The third-order valence-electron chi connectivity index (χ3n) is 8.92. The lowest BCUT2D eigenvalue weighted by Gasteiger charge is -2.57. The lowest BCUT2D eigenvalue weighted by atomic mass is 9.48. The molecule has 1 unspecified atom stereocenters. The molecule has 4 bridgehead atoms. The van der Waals surface area contributed by atoms with Crippen molar-refractivity contribution in [1.29, 1.82) is 0 Å². The Labute approximate surface area is 201 Å². The predicted molar refractivity (Wildman–Crippen MR) is 129 cm³/mol. The summed E-state index contributed by atoms with van der Waals surface area (Å²) in [6.45, 7) is 0.241. The Hall–Kier alpha value is -2.82. The van der Waals surface area contributed by atoms with Crippen molar-refractivity contribution in [2.24, 2.45) is 23.2 Å². The van der Waals surface area contributed by atoms with E-state index in [0.29, 0.717) is 6.42 Å². The van der Waals surface area contributed by atoms with E-state index in [-0.39, 0.29) is 23.9 Å². The first-order chi connectivity index (χ1) is 16.5. The van der Waals surface area contributed by atoms with Gasteiger partial charge in [-0.25, -0.2) is 9.59 Å². The van der Waals surface area contributed by atoms with Crippen LogP contribution in [-0.2, 0) is 14.3 Å². The van der Waals surface area contributed by atoms with Gasteiger partial charge in [-0.2, -0.15) is 0 Å². The molecule has 7 rings (SSSR count). The molecule has 4 saturated carbocycles.